The molecule has 1 fully saturated rings. The Morgan fingerprint density at radius 2 is 2.44 bits per heavy atom. The van der Waals surface area contributed by atoms with E-state index in [1.54, 1.807) is 6.07 Å². The number of amides is 1. The summed E-state index contributed by atoms with van der Waals surface area (Å²) in [4.78, 5) is 14.0. The van der Waals surface area contributed by atoms with Gasteiger partial charge >= 0.3 is 0 Å². The normalized spacial score (nSPS) is 15.8. The summed E-state index contributed by atoms with van der Waals surface area (Å²) in [7, 11) is 0. The summed E-state index contributed by atoms with van der Waals surface area (Å²) in [5.41, 5.74) is 0.390. The zero-order valence-electron chi connectivity index (χ0n) is 9.06. The van der Waals surface area contributed by atoms with E-state index in [9.17, 15) is 4.79 Å². The first-order valence-electron chi connectivity index (χ1n) is 5.60. The fraction of sp³-hybridized carbons (Fsp3) is 0.636. The molecule has 5 heteroatoms. The fourth-order valence-corrected chi connectivity index (χ4v) is 1.97. The van der Waals surface area contributed by atoms with E-state index in [2.05, 4.69) is 5.16 Å². The minimum absolute atomic E-state index is 0.0384. The Balaban J connectivity index is 2.02. The molecule has 4 nitrogen and oxygen atoms in total. The van der Waals surface area contributed by atoms with Gasteiger partial charge in [0.05, 0.1) is 0 Å². The Kier molecular flexibility index (Phi) is 3.83. The molecule has 0 aliphatic heterocycles. The van der Waals surface area contributed by atoms with Crippen LogP contribution in [0.5, 0.6) is 0 Å². The maximum absolute atomic E-state index is 12.1. The molecule has 0 bridgehead atoms. The molecule has 1 aromatic rings. The summed E-state index contributed by atoms with van der Waals surface area (Å²) in [6.07, 6.45) is 5.63. The number of carbonyl (C=O) groups is 1. The number of alkyl halides is 1. The maximum atomic E-state index is 12.1. The molecular weight excluding hydrogens is 228 g/mol. The lowest BCUT2D eigenvalue weighted by Crippen LogP contribution is -2.45. The van der Waals surface area contributed by atoms with Crippen LogP contribution in [0.4, 0.5) is 0 Å². The SMILES string of the molecule is O=C(c1ccon1)N(CCCCl)C1CCC1. The number of hydrogen-bond acceptors (Lipinski definition) is 3. The van der Waals surface area contributed by atoms with Crippen molar-refractivity contribution in [1.82, 2.24) is 10.1 Å². The van der Waals surface area contributed by atoms with Crippen molar-refractivity contribution in [3.05, 3.63) is 18.0 Å². The smallest absolute Gasteiger partial charge is 0.276 e. The standard InChI is InChI=1S/C11H15ClN2O2/c12-6-2-7-14(9-3-1-4-9)11(15)10-5-8-16-13-10/h5,8-9H,1-4,6-7H2. The van der Waals surface area contributed by atoms with Gasteiger partial charge in [-0.1, -0.05) is 5.16 Å². The lowest BCUT2D eigenvalue weighted by atomic mass is 9.91. The van der Waals surface area contributed by atoms with Gasteiger partial charge in [0.1, 0.15) is 6.26 Å². The first-order chi connectivity index (χ1) is 7.83. The van der Waals surface area contributed by atoms with Crippen LogP contribution in [0.2, 0.25) is 0 Å². The molecule has 1 aromatic heterocycles. The Labute approximate surface area is 99.5 Å². The molecule has 1 aliphatic carbocycles. The van der Waals surface area contributed by atoms with Gasteiger partial charge in [0.15, 0.2) is 5.69 Å². The number of halogens is 1. The molecule has 0 atom stereocenters. The van der Waals surface area contributed by atoms with Crippen molar-refractivity contribution >= 4 is 17.5 Å². The fourth-order valence-electron chi connectivity index (χ4n) is 1.85. The van der Waals surface area contributed by atoms with Crippen molar-refractivity contribution in [2.24, 2.45) is 0 Å². The zero-order valence-corrected chi connectivity index (χ0v) is 9.82. The van der Waals surface area contributed by atoms with Crippen molar-refractivity contribution in [2.45, 2.75) is 31.7 Å². The molecule has 1 amide bonds. The molecule has 0 unspecified atom stereocenters. The summed E-state index contributed by atoms with van der Waals surface area (Å²) in [6, 6.07) is 1.97. The van der Waals surface area contributed by atoms with E-state index in [0.717, 1.165) is 19.3 Å². The number of carbonyl (C=O) groups excluding carboxylic acids is 1. The molecule has 1 heterocycles. The van der Waals surface area contributed by atoms with Gasteiger partial charge in [0.25, 0.3) is 5.91 Å². The number of rotatable bonds is 5. The third kappa shape index (κ3) is 2.38. The number of hydrogen-bond donors (Lipinski definition) is 0. The van der Waals surface area contributed by atoms with E-state index in [0.29, 0.717) is 24.2 Å². The summed E-state index contributed by atoms with van der Waals surface area (Å²) in [5.74, 6) is 0.540. The third-order valence-corrected chi connectivity index (χ3v) is 3.23. The van der Waals surface area contributed by atoms with Gasteiger partial charge in [-0.15, -0.1) is 11.6 Å². The number of aromatic nitrogens is 1. The molecule has 0 N–H and O–H groups in total. The molecule has 16 heavy (non-hydrogen) atoms. The molecule has 0 aromatic carbocycles. The van der Waals surface area contributed by atoms with Crippen molar-refractivity contribution in [2.75, 3.05) is 12.4 Å². The van der Waals surface area contributed by atoms with E-state index in [-0.39, 0.29) is 5.91 Å². The Morgan fingerprint density at radius 3 is 2.94 bits per heavy atom. The average Bonchev–Trinajstić information content (AvgIpc) is 2.73. The monoisotopic (exact) mass is 242 g/mol. The van der Waals surface area contributed by atoms with Crippen LogP contribution in [0, 0.1) is 0 Å². The van der Waals surface area contributed by atoms with Crippen LogP contribution < -0.4 is 0 Å². The van der Waals surface area contributed by atoms with Crippen LogP contribution in [-0.2, 0) is 0 Å². The highest BCUT2D eigenvalue weighted by atomic mass is 35.5. The highest BCUT2D eigenvalue weighted by Gasteiger charge is 2.29. The Morgan fingerprint density at radius 1 is 1.62 bits per heavy atom. The van der Waals surface area contributed by atoms with Gasteiger partial charge < -0.3 is 9.42 Å². The second-order valence-electron chi connectivity index (χ2n) is 4.01. The summed E-state index contributed by atoms with van der Waals surface area (Å²) in [5, 5.41) is 3.69. The van der Waals surface area contributed by atoms with E-state index < -0.39 is 0 Å². The lowest BCUT2D eigenvalue weighted by Gasteiger charge is -2.37. The second kappa shape index (κ2) is 5.34. The van der Waals surface area contributed by atoms with Gasteiger partial charge in [0.2, 0.25) is 0 Å². The van der Waals surface area contributed by atoms with Crippen molar-refractivity contribution in [3.8, 4) is 0 Å². The van der Waals surface area contributed by atoms with E-state index in [4.69, 9.17) is 16.1 Å². The van der Waals surface area contributed by atoms with E-state index >= 15 is 0 Å². The number of nitrogens with zero attached hydrogens (tertiary/aromatic N) is 2. The van der Waals surface area contributed by atoms with Crippen molar-refractivity contribution in [1.29, 1.82) is 0 Å². The Bertz CT molecular complexity index is 336. The van der Waals surface area contributed by atoms with Crippen molar-refractivity contribution in [3.63, 3.8) is 0 Å². The van der Waals surface area contributed by atoms with Gasteiger partial charge in [-0.2, -0.15) is 0 Å². The molecule has 0 spiro atoms. The minimum Gasteiger partial charge on any atom is -0.364 e. The second-order valence-corrected chi connectivity index (χ2v) is 4.39. The first-order valence-corrected chi connectivity index (χ1v) is 6.13. The third-order valence-electron chi connectivity index (χ3n) is 2.97. The quantitative estimate of drug-likeness (QED) is 0.745. The topological polar surface area (TPSA) is 46.3 Å². The van der Waals surface area contributed by atoms with Crippen LogP contribution in [0.1, 0.15) is 36.2 Å². The maximum Gasteiger partial charge on any atom is 0.276 e. The predicted molar refractivity (Wildman–Crippen MR) is 60.5 cm³/mol. The summed E-state index contributed by atoms with van der Waals surface area (Å²) >= 11 is 5.67. The highest BCUT2D eigenvalue weighted by molar-refractivity contribution is 6.17. The lowest BCUT2D eigenvalue weighted by molar-refractivity contribution is 0.0570. The molecule has 0 saturated heterocycles. The van der Waals surface area contributed by atoms with Crippen LogP contribution in [0.3, 0.4) is 0 Å². The van der Waals surface area contributed by atoms with Gasteiger partial charge in [-0.25, -0.2) is 0 Å². The first kappa shape index (κ1) is 11.5. The van der Waals surface area contributed by atoms with Crippen LogP contribution in [0.15, 0.2) is 16.9 Å². The molecule has 2 rings (SSSR count). The van der Waals surface area contributed by atoms with Gasteiger partial charge in [-0.3, -0.25) is 4.79 Å². The average molecular weight is 243 g/mol. The Hall–Kier alpha value is -1.03. The molecule has 88 valence electrons. The van der Waals surface area contributed by atoms with Crippen molar-refractivity contribution < 1.29 is 9.32 Å². The van der Waals surface area contributed by atoms with Gasteiger partial charge in [0, 0.05) is 24.5 Å². The van der Waals surface area contributed by atoms with Crippen LogP contribution in [0.25, 0.3) is 0 Å². The van der Waals surface area contributed by atoms with E-state index in [1.807, 2.05) is 4.90 Å². The molecule has 0 radical (unpaired) electrons. The summed E-state index contributed by atoms with van der Waals surface area (Å²) < 4.78 is 4.70. The van der Waals surface area contributed by atoms with E-state index in [1.165, 1.54) is 12.7 Å². The predicted octanol–water partition coefficient (Wildman–Crippen LogP) is 2.30. The minimum atomic E-state index is -0.0384. The van der Waals surface area contributed by atoms with Crippen LogP contribution >= 0.6 is 11.6 Å². The highest BCUT2D eigenvalue weighted by Crippen LogP contribution is 2.26. The molecule has 1 saturated carbocycles. The summed E-state index contributed by atoms with van der Waals surface area (Å²) in [6.45, 7) is 0.708. The largest absolute Gasteiger partial charge is 0.364 e. The molecule has 1 aliphatic rings. The molecular formula is C11H15ClN2O2. The zero-order chi connectivity index (χ0) is 11.4. The van der Waals surface area contributed by atoms with Crippen LogP contribution in [-0.4, -0.2) is 34.4 Å². The van der Waals surface area contributed by atoms with Gasteiger partial charge in [-0.05, 0) is 25.7 Å².